The maximum Gasteiger partial charge on any atom is 0.336 e. The highest BCUT2D eigenvalue weighted by atomic mass is 19.1. The Morgan fingerprint density at radius 1 is 1.62 bits per heavy atom. The van der Waals surface area contributed by atoms with Crippen LogP contribution in [0.1, 0.15) is 28.9 Å². The molecule has 0 saturated heterocycles. The standard InChI is InChI=1S/C9H10FNO2/c1-5(11)8-4-6(10)2-3-7(8)9(12)13/h2-5H,11H2,1H3,(H,12,13)/t5-/m1/s1. The van der Waals surface area contributed by atoms with Crippen molar-refractivity contribution in [3.05, 3.63) is 35.1 Å². The number of rotatable bonds is 2. The molecule has 13 heavy (non-hydrogen) atoms. The first-order valence-electron chi connectivity index (χ1n) is 3.80. The van der Waals surface area contributed by atoms with Gasteiger partial charge in [0.25, 0.3) is 0 Å². The first-order chi connectivity index (χ1) is 6.02. The summed E-state index contributed by atoms with van der Waals surface area (Å²) in [6, 6.07) is 2.99. The third-order valence-corrected chi connectivity index (χ3v) is 1.73. The zero-order valence-corrected chi connectivity index (χ0v) is 7.12. The molecule has 0 aliphatic carbocycles. The van der Waals surface area contributed by atoms with Crippen LogP contribution in [0.5, 0.6) is 0 Å². The Labute approximate surface area is 75.0 Å². The number of nitrogens with two attached hydrogens (primary N) is 1. The van der Waals surface area contributed by atoms with Gasteiger partial charge in [-0.25, -0.2) is 9.18 Å². The quantitative estimate of drug-likeness (QED) is 0.731. The van der Waals surface area contributed by atoms with Gasteiger partial charge in [-0.3, -0.25) is 0 Å². The summed E-state index contributed by atoms with van der Waals surface area (Å²) in [5.74, 6) is -1.57. The lowest BCUT2D eigenvalue weighted by Crippen LogP contribution is -2.12. The van der Waals surface area contributed by atoms with E-state index in [0.717, 1.165) is 12.1 Å². The van der Waals surface area contributed by atoms with E-state index < -0.39 is 17.8 Å². The minimum absolute atomic E-state index is 0.0522. The minimum Gasteiger partial charge on any atom is -0.478 e. The molecule has 1 aromatic rings. The van der Waals surface area contributed by atoms with Crippen molar-refractivity contribution in [1.82, 2.24) is 0 Å². The molecule has 1 rings (SSSR count). The van der Waals surface area contributed by atoms with E-state index in [1.54, 1.807) is 6.92 Å². The highest BCUT2D eigenvalue weighted by Gasteiger charge is 2.13. The predicted molar refractivity (Wildman–Crippen MR) is 46.0 cm³/mol. The second-order valence-corrected chi connectivity index (χ2v) is 2.83. The number of carboxylic acid groups (broad SMARTS) is 1. The van der Waals surface area contributed by atoms with Gasteiger partial charge in [-0.05, 0) is 30.7 Å². The summed E-state index contributed by atoms with van der Waals surface area (Å²) >= 11 is 0. The molecule has 0 saturated carbocycles. The van der Waals surface area contributed by atoms with Gasteiger partial charge in [0.05, 0.1) is 5.56 Å². The molecule has 1 atom stereocenters. The summed E-state index contributed by atoms with van der Waals surface area (Å²) in [4.78, 5) is 10.7. The molecule has 3 N–H and O–H groups in total. The second-order valence-electron chi connectivity index (χ2n) is 2.83. The van der Waals surface area contributed by atoms with Crippen molar-refractivity contribution < 1.29 is 14.3 Å². The largest absolute Gasteiger partial charge is 0.478 e. The third-order valence-electron chi connectivity index (χ3n) is 1.73. The molecule has 0 amide bonds. The summed E-state index contributed by atoms with van der Waals surface area (Å²) in [6.45, 7) is 1.61. The van der Waals surface area contributed by atoms with Gasteiger partial charge < -0.3 is 10.8 Å². The fourth-order valence-corrected chi connectivity index (χ4v) is 1.11. The topological polar surface area (TPSA) is 63.3 Å². The summed E-state index contributed by atoms with van der Waals surface area (Å²) in [5, 5.41) is 8.73. The van der Waals surface area contributed by atoms with E-state index in [9.17, 15) is 9.18 Å². The number of carboxylic acids is 1. The molecule has 1 aromatic carbocycles. The number of benzene rings is 1. The van der Waals surface area contributed by atoms with Gasteiger partial charge in [-0.15, -0.1) is 0 Å². The smallest absolute Gasteiger partial charge is 0.336 e. The van der Waals surface area contributed by atoms with Gasteiger partial charge in [0.2, 0.25) is 0 Å². The number of hydrogen-bond acceptors (Lipinski definition) is 2. The van der Waals surface area contributed by atoms with E-state index in [2.05, 4.69) is 0 Å². The van der Waals surface area contributed by atoms with Crippen LogP contribution in [-0.4, -0.2) is 11.1 Å². The van der Waals surface area contributed by atoms with Gasteiger partial charge >= 0.3 is 5.97 Å². The van der Waals surface area contributed by atoms with Crippen molar-refractivity contribution in [3.63, 3.8) is 0 Å². The fraction of sp³-hybridized carbons (Fsp3) is 0.222. The minimum atomic E-state index is -1.09. The highest BCUT2D eigenvalue weighted by molar-refractivity contribution is 5.89. The molecular weight excluding hydrogens is 173 g/mol. The number of halogens is 1. The van der Waals surface area contributed by atoms with E-state index in [0.29, 0.717) is 5.56 Å². The van der Waals surface area contributed by atoms with E-state index in [1.165, 1.54) is 6.07 Å². The monoisotopic (exact) mass is 183 g/mol. The molecular formula is C9H10FNO2. The molecule has 0 heterocycles. The molecule has 0 radical (unpaired) electrons. The van der Waals surface area contributed by atoms with Gasteiger partial charge in [0, 0.05) is 6.04 Å². The van der Waals surface area contributed by atoms with Crippen LogP contribution in [0.15, 0.2) is 18.2 Å². The number of aromatic carboxylic acids is 1. The van der Waals surface area contributed by atoms with Crippen LogP contribution < -0.4 is 5.73 Å². The van der Waals surface area contributed by atoms with E-state index in [1.807, 2.05) is 0 Å². The highest BCUT2D eigenvalue weighted by Crippen LogP contribution is 2.17. The Balaban J connectivity index is 3.26. The van der Waals surface area contributed by atoms with Gasteiger partial charge in [-0.2, -0.15) is 0 Å². The zero-order chi connectivity index (χ0) is 10.0. The van der Waals surface area contributed by atoms with Crippen LogP contribution >= 0.6 is 0 Å². The Bertz CT molecular complexity index is 336. The average molecular weight is 183 g/mol. The summed E-state index contributed by atoms with van der Waals surface area (Å²) in [6.07, 6.45) is 0. The van der Waals surface area contributed by atoms with Crippen molar-refractivity contribution in [2.45, 2.75) is 13.0 Å². The number of carbonyl (C=O) groups is 1. The Kier molecular flexibility index (Phi) is 2.63. The van der Waals surface area contributed by atoms with Crippen LogP contribution in [0.3, 0.4) is 0 Å². The molecule has 0 aliphatic rings. The molecule has 0 fully saturated rings. The maximum atomic E-state index is 12.7. The van der Waals surface area contributed by atoms with E-state index >= 15 is 0 Å². The average Bonchev–Trinajstić information content (AvgIpc) is 2.03. The molecule has 0 bridgehead atoms. The van der Waals surface area contributed by atoms with Crippen molar-refractivity contribution in [2.24, 2.45) is 5.73 Å². The maximum absolute atomic E-state index is 12.7. The summed E-state index contributed by atoms with van der Waals surface area (Å²) < 4.78 is 12.7. The Hall–Kier alpha value is -1.42. The van der Waals surface area contributed by atoms with Crippen molar-refractivity contribution in [2.75, 3.05) is 0 Å². The van der Waals surface area contributed by atoms with Crippen LogP contribution in [0, 0.1) is 5.82 Å². The Morgan fingerprint density at radius 2 is 2.23 bits per heavy atom. The van der Waals surface area contributed by atoms with Gasteiger partial charge in [0.1, 0.15) is 5.82 Å². The number of hydrogen-bond donors (Lipinski definition) is 2. The van der Waals surface area contributed by atoms with Crippen molar-refractivity contribution in [1.29, 1.82) is 0 Å². The van der Waals surface area contributed by atoms with Crippen LogP contribution in [0.25, 0.3) is 0 Å². The molecule has 0 aromatic heterocycles. The van der Waals surface area contributed by atoms with Crippen LogP contribution in [0.4, 0.5) is 4.39 Å². The van der Waals surface area contributed by atoms with Crippen LogP contribution in [0.2, 0.25) is 0 Å². The van der Waals surface area contributed by atoms with E-state index in [-0.39, 0.29) is 5.56 Å². The fourth-order valence-electron chi connectivity index (χ4n) is 1.11. The van der Waals surface area contributed by atoms with E-state index in [4.69, 9.17) is 10.8 Å². The zero-order valence-electron chi connectivity index (χ0n) is 7.12. The van der Waals surface area contributed by atoms with Gasteiger partial charge in [0.15, 0.2) is 0 Å². The molecule has 3 nitrogen and oxygen atoms in total. The summed E-state index contributed by atoms with van der Waals surface area (Å²) in [5.41, 5.74) is 5.86. The lowest BCUT2D eigenvalue weighted by atomic mass is 10.0. The molecule has 0 spiro atoms. The lowest BCUT2D eigenvalue weighted by molar-refractivity contribution is 0.0695. The Morgan fingerprint density at radius 3 is 2.69 bits per heavy atom. The second kappa shape index (κ2) is 3.53. The molecule has 70 valence electrons. The normalized spacial score (nSPS) is 12.5. The lowest BCUT2D eigenvalue weighted by Gasteiger charge is -2.08. The third kappa shape index (κ3) is 2.03. The molecule has 0 aliphatic heterocycles. The van der Waals surface area contributed by atoms with Crippen molar-refractivity contribution in [3.8, 4) is 0 Å². The summed E-state index contributed by atoms with van der Waals surface area (Å²) in [7, 11) is 0. The molecule has 4 heteroatoms. The van der Waals surface area contributed by atoms with Crippen molar-refractivity contribution >= 4 is 5.97 Å². The first kappa shape index (κ1) is 9.67. The molecule has 0 unspecified atom stereocenters. The predicted octanol–water partition coefficient (Wildman–Crippen LogP) is 1.54. The first-order valence-corrected chi connectivity index (χ1v) is 3.80. The van der Waals surface area contributed by atoms with Crippen LogP contribution in [-0.2, 0) is 0 Å². The SMILES string of the molecule is C[C@@H](N)c1cc(F)ccc1C(=O)O. The van der Waals surface area contributed by atoms with Gasteiger partial charge in [-0.1, -0.05) is 0 Å².